The Labute approximate surface area is 101 Å². The maximum Gasteiger partial charge on any atom is 0.275 e. The maximum absolute atomic E-state index is 11.9. The lowest BCUT2D eigenvalue weighted by molar-refractivity contribution is 0.903. The van der Waals surface area contributed by atoms with Crippen LogP contribution in [-0.4, -0.2) is 14.6 Å². The number of rotatable bonds is 1. The van der Waals surface area contributed by atoms with Crippen molar-refractivity contribution in [2.24, 2.45) is 0 Å². The van der Waals surface area contributed by atoms with Crippen LogP contribution in [0.4, 0.5) is 0 Å². The van der Waals surface area contributed by atoms with E-state index in [0.717, 1.165) is 10.4 Å². The predicted octanol–water partition coefficient (Wildman–Crippen LogP) is 2.13. The summed E-state index contributed by atoms with van der Waals surface area (Å²) in [5, 5.41) is 4.05. The summed E-state index contributed by atoms with van der Waals surface area (Å²) in [4.78, 5) is 17.6. The van der Waals surface area contributed by atoms with E-state index in [1.165, 1.54) is 15.9 Å². The van der Waals surface area contributed by atoms with Gasteiger partial charge in [-0.1, -0.05) is 41.7 Å². The van der Waals surface area contributed by atoms with Gasteiger partial charge in [0.1, 0.15) is 5.82 Å². The number of nitrogens with zero attached hydrogens (tertiary/aromatic N) is 3. The van der Waals surface area contributed by atoms with Gasteiger partial charge in [0.05, 0.1) is 0 Å². The molecule has 0 aliphatic rings. The van der Waals surface area contributed by atoms with Crippen LogP contribution in [0.3, 0.4) is 0 Å². The van der Waals surface area contributed by atoms with Crippen LogP contribution in [0, 0.1) is 6.92 Å². The quantitative estimate of drug-likeness (QED) is 0.657. The minimum Gasteiger partial charge on any atom is -0.267 e. The molecule has 3 aromatic rings. The van der Waals surface area contributed by atoms with Crippen LogP contribution in [0.25, 0.3) is 15.4 Å². The van der Waals surface area contributed by atoms with Crippen LogP contribution < -0.4 is 5.56 Å². The summed E-state index contributed by atoms with van der Waals surface area (Å²) in [7, 11) is 0. The van der Waals surface area contributed by atoms with E-state index in [9.17, 15) is 4.79 Å². The Morgan fingerprint density at radius 2 is 2.00 bits per heavy atom. The van der Waals surface area contributed by atoms with Gasteiger partial charge in [-0.25, -0.2) is 4.98 Å². The summed E-state index contributed by atoms with van der Waals surface area (Å²) in [6, 6.07) is 11.4. The monoisotopic (exact) mass is 243 g/mol. The minimum absolute atomic E-state index is 0.141. The Morgan fingerprint density at radius 3 is 2.76 bits per heavy atom. The Bertz CT molecular complexity index is 730. The number of benzene rings is 1. The van der Waals surface area contributed by atoms with Crippen LogP contribution in [-0.2, 0) is 0 Å². The molecule has 0 saturated carbocycles. The van der Waals surface area contributed by atoms with E-state index in [4.69, 9.17) is 0 Å². The molecule has 17 heavy (non-hydrogen) atoms. The number of hydrogen-bond donors (Lipinski definition) is 0. The minimum atomic E-state index is -0.141. The summed E-state index contributed by atoms with van der Waals surface area (Å²) >= 11 is 1.46. The topological polar surface area (TPSA) is 47.3 Å². The van der Waals surface area contributed by atoms with Crippen molar-refractivity contribution in [3.8, 4) is 10.4 Å². The van der Waals surface area contributed by atoms with Crippen LogP contribution in [0.15, 0.2) is 41.2 Å². The van der Waals surface area contributed by atoms with Gasteiger partial charge in [0.25, 0.3) is 5.56 Å². The average molecular weight is 243 g/mol. The van der Waals surface area contributed by atoms with Gasteiger partial charge in [0, 0.05) is 10.9 Å². The zero-order valence-electron chi connectivity index (χ0n) is 9.12. The van der Waals surface area contributed by atoms with E-state index in [2.05, 4.69) is 10.1 Å². The van der Waals surface area contributed by atoms with Gasteiger partial charge in [0.2, 0.25) is 4.96 Å². The lowest BCUT2D eigenvalue weighted by Gasteiger charge is -1.99. The molecule has 3 rings (SSSR count). The molecular weight excluding hydrogens is 234 g/mol. The highest BCUT2D eigenvalue weighted by Gasteiger charge is 2.07. The SMILES string of the molecule is Cc1nc2sc(-c3ccccc3)cc(=O)n2n1. The Hall–Kier alpha value is -2.01. The number of aryl methyl sites for hydroxylation is 1. The first kappa shape index (κ1) is 10.2. The van der Waals surface area contributed by atoms with Crippen molar-refractivity contribution < 1.29 is 0 Å². The van der Waals surface area contributed by atoms with Gasteiger partial charge in [0.15, 0.2) is 0 Å². The van der Waals surface area contributed by atoms with E-state index in [-0.39, 0.29) is 5.56 Å². The first-order valence-corrected chi connectivity index (χ1v) is 5.98. The summed E-state index contributed by atoms with van der Waals surface area (Å²) in [5.41, 5.74) is 0.885. The molecule has 0 saturated heterocycles. The first-order chi connectivity index (χ1) is 8.24. The van der Waals surface area contributed by atoms with E-state index in [1.54, 1.807) is 13.0 Å². The Kier molecular flexibility index (Phi) is 2.26. The van der Waals surface area contributed by atoms with Crippen LogP contribution in [0.2, 0.25) is 0 Å². The molecule has 4 nitrogen and oxygen atoms in total. The van der Waals surface area contributed by atoms with Gasteiger partial charge in [-0.15, -0.1) is 5.10 Å². The maximum atomic E-state index is 11.9. The van der Waals surface area contributed by atoms with Crippen molar-refractivity contribution in [2.45, 2.75) is 6.92 Å². The van der Waals surface area contributed by atoms with Crippen molar-refractivity contribution in [1.82, 2.24) is 14.6 Å². The molecule has 0 aliphatic carbocycles. The highest BCUT2D eigenvalue weighted by Crippen LogP contribution is 2.23. The normalized spacial score (nSPS) is 10.9. The third kappa shape index (κ3) is 1.74. The van der Waals surface area contributed by atoms with Crippen LogP contribution in [0.5, 0.6) is 0 Å². The second-order valence-electron chi connectivity index (χ2n) is 3.67. The summed E-state index contributed by atoms with van der Waals surface area (Å²) in [6.45, 7) is 1.78. The van der Waals surface area contributed by atoms with Gasteiger partial charge < -0.3 is 0 Å². The molecule has 84 valence electrons. The molecular formula is C12H9N3OS. The van der Waals surface area contributed by atoms with Crippen molar-refractivity contribution in [3.05, 3.63) is 52.6 Å². The highest BCUT2D eigenvalue weighted by molar-refractivity contribution is 7.19. The van der Waals surface area contributed by atoms with Gasteiger partial charge in [-0.2, -0.15) is 4.52 Å². The van der Waals surface area contributed by atoms with Crippen molar-refractivity contribution in [3.63, 3.8) is 0 Å². The molecule has 0 radical (unpaired) electrons. The fourth-order valence-electron chi connectivity index (χ4n) is 1.65. The zero-order valence-corrected chi connectivity index (χ0v) is 9.94. The molecule has 0 amide bonds. The Balaban J connectivity index is 2.29. The fourth-order valence-corrected chi connectivity index (χ4v) is 2.66. The molecule has 5 heteroatoms. The van der Waals surface area contributed by atoms with E-state index in [1.807, 2.05) is 30.3 Å². The van der Waals surface area contributed by atoms with Crippen molar-refractivity contribution in [1.29, 1.82) is 0 Å². The third-order valence-electron chi connectivity index (χ3n) is 2.41. The molecule has 0 aliphatic heterocycles. The predicted molar refractivity (Wildman–Crippen MR) is 67.3 cm³/mol. The van der Waals surface area contributed by atoms with Gasteiger partial charge >= 0.3 is 0 Å². The molecule has 0 unspecified atom stereocenters. The summed E-state index contributed by atoms with van der Waals surface area (Å²) in [5.74, 6) is 0.614. The lowest BCUT2D eigenvalue weighted by atomic mass is 10.2. The summed E-state index contributed by atoms with van der Waals surface area (Å²) in [6.07, 6.45) is 0. The van der Waals surface area contributed by atoms with E-state index >= 15 is 0 Å². The van der Waals surface area contributed by atoms with E-state index < -0.39 is 0 Å². The van der Waals surface area contributed by atoms with Crippen molar-refractivity contribution >= 4 is 16.3 Å². The third-order valence-corrected chi connectivity index (χ3v) is 3.43. The zero-order chi connectivity index (χ0) is 11.8. The highest BCUT2D eigenvalue weighted by atomic mass is 32.1. The molecule has 0 bridgehead atoms. The molecule has 2 heterocycles. The Morgan fingerprint density at radius 1 is 1.24 bits per heavy atom. The number of aromatic nitrogens is 3. The number of hydrogen-bond acceptors (Lipinski definition) is 4. The molecule has 0 N–H and O–H groups in total. The fraction of sp³-hybridized carbons (Fsp3) is 0.0833. The van der Waals surface area contributed by atoms with Crippen LogP contribution in [0.1, 0.15) is 5.82 Å². The van der Waals surface area contributed by atoms with Crippen LogP contribution >= 0.6 is 11.3 Å². The lowest BCUT2D eigenvalue weighted by Crippen LogP contribution is -2.11. The van der Waals surface area contributed by atoms with Gasteiger partial charge in [-0.05, 0) is 12.5 Å². The second kappa shape index (κ2) is 3.78. The largest absolute Gasteiger partial charge is 0.275 e. The second-order valence-corrected chi connectivity index (χ2v) is 4.68. The van der Waals surface area contributed by atoms with Gasteiger partial charge in [-0.3, -0.25) is 4.79 Å². The standard InChI is InChI=1S/C12H9N3OS/c1-8-13-12-15(14-8)11(16)7-10(17-12)9-5-3-2-4-6-9/h2-7H,1H3. The summed E-state index contributed by atoms with van der Waals surface area (Å²) < 4.78 is 1.34. The molecule has 0 atom stereocenters. The average Bonchev–Trinajstić information content (AvgIpc) is 2.71. The molecule has 2 aromatic heterocycles. The smallest absolute Gasteiger partial charge is 0.267 e. The number of fused-ring (bicyclic) bond motifs is 1. The molecule has 0 spiro atoms. The first-order valence-electron chi connectivity index (χ1n) is 5.17. The van der Waals surface area contributed by atoms with E-state index in [0.29, 0.717) is 10.8 Å². The molecule has 1 aromatic carbocycles. The molecule has 0 fully saturated rings. The van der Waals surface area contributed by atoms with Crippen molar-refractivity contribution in [2.75, 3.05) is 0 Å².